The molecule has 4 rings (SSSR count). The molecule has 2 aliphatic carbocycles. The first-order valence-corrected chi connectivity index (χ1v) is 14.7. The highest BCUT2D eigenvalue weighted by molar-refractivity contribution is 5.84. The van der Waals surface area contributed by atoms with Crippen LogP contribution in [0.2, 0.25) is 0 Å². The van der Waals surface area contributed by atoms with Crippen LogP contribution in [0.25, 0.3) is 0 Å². The minimum atomic E-state index is -0.574. The molecule has 7 heteroatoms. The molecule has 0 aromatic heterocycles. The van der Waals surface area contributed by atoms with Crippen molar-refractivity contribution in [2.24, 2.45) is 17.3 Å². The maximum absolute atomic E-state index is 13.7. The Morgan fingerprint density at radius 2 is 1.43 bits per heavy atom. The first kappa shape index (κ1) is 29.8. The average Bonchev–Trinajstić information content (AvgIpc) is 3.48. The molecule has 2 aromatic rings. The number of nitrogens with one attached hydrogen (secondary N) is 1. The Kier molecular flexibility index (Phi) is 11.2. The van der Waals surface area contributed by atoms with Crippen LogP contribution in [0.4, 0.5) is 0 Å². The van der Waals surface area contributed by atoms with Crippen LogP contribution >= 0.6 is 0 Å². The van der Waals surface area contributed by atoms with Crippen LogP contribution in [0, 0.1) is 17.3 Å². The van der Waals surface area contributed by atoms with Crippen LogP contribution < -0.4 is 5.32 Å². The summed E-state index contributed by atoms with van der Waals surface area (Å²) in [5, 5.41) is 3.30. The van der Waals surface area contributed by atoms with Gasteiger partial charge in [-0.2, -0.15) is 0 Å². The highest BCUT2D eigenvalue weighted by Crippen LogP contribution is 2.45. The monoisotopic (exact) mass is 549 g/mol. The van der Waals surface area contributed by atoms with Gasteiger partial charge in [-0.15, -0.1) is 0 Å². The number of hydrogen-bond acceptors (Lipinski definition) is 6. The molecule has 1 unspecified atom stereocenters. The summed E-state index contributed by atoms with van der Waals surface area (Å²) in [7, 11) is 1.62. The fourth-order valence-electron chi connectivity index (χ4n) is 6.12. The van der Waals surface area contributed by atoms with E-state index in [1.165, 1.54) is 0 Å². The van der Waals surface area contributed by atoms with E-state index in [1.54, 1.807) is 7.11 Å². The topological polar surface area (TPSA) is 90.9 Å². The maximum atomic E-state index is 13.7. The van der Waals surface area contributed by atoms with E-state index in [4.69, 9.17) is 14.2 Å². The lowest BCUT2D eigenvalue weighted by molar-refractivity contribution is -0.153. The summed E-state index contributed by atoms with van der Waals surface area (Å²) in [5.74, 6) is -0.915. The summed E-state index contributed by atoms with van der Waals surface area (Å²) >= 11 is 0. The number of methoxy groups -OCH3 is 1. The quantitative estimate of drug-likeness (QED) is 0.320. The maximum Gasteiger partial charge on any atom is 0.309 e. The molecule has 216 valence electrons. The van der Waals surface area contributed by atoms with Crippen LogP contribution in [0.5, 0.6) is 0 Å². The number of carbonyl (C=O) groups is 3. The Labute approximate surface area is 238 Å². The first-order chi connectivity index (χ1) is 19.5. The zero-order valence-electron chi connectivity index (χ0n) is 23.6. The minimum Gasteiger partial charge on any atom is -0.461 e. The molecular formula is C33H43NO6. The lowest BCUT2D eigenvalue weighted by atomic mass is 9.75. The third-order valence-electron chi connectivity index (χ3n) is 8.53. The Bertz CT molecular complexity index is 1070. The van der Waals surface area contributed by atoms with Crippen LogP contribution in [-0.2, 0) is 41.8 Å². The molecule has 1 N–H and O–H groups in total. The molecule has 1 atom stereocenters. The van der Waals surface area contributed by atoms with E-state index in [-0.39, 0.29) is 43.0 Å². The summed E-state index contributed by atoms with van der Waals surface area (Å²) in [6.45, 7) is 0.948. The average molecular weight is 550 g/mol. The third kappa shape index (κ3) is 8.40. The van der Waals surface area contributed by atoms with Gasteiger partial charge in [0.05, 0.1) is 17.3 Å². The van der Waals surface area contributed by atoms with Crippen molar-refractivity contribution in [1.82, 2.24) is 5.32 Å². The number of hydrogen-bond donors (Lipinski definition) is 1. The van der Waals surface area contributed by atoms with Gasteiger partial charge < -0.3 is 19.5 Å². The molecule has 0 aliphatic heterocycles. The van der Waals surface area contributed by atoms with Crippen molar-refractivity contribution >= 4 is 17.8 Å². The second-order valence-electron chi connectivity index (χ2n) is 11.4. The molecular weight excluding hydrogens is 506 g/mol. The molecule has 0 bridgehead atoms. The van der Waals surface area contributed by atoms with E-state index in [0.29, 0.717) is 32.3 Å². The first-order valence-electron chi connectivity index (χ1n) is 14.7. The van der Waals surface area contributed by atoms with Gasteiger partial charge in [-0.1, -0.05) is 73.5 Å². The minimum absolute atomic E-state index is 0.0330. The predicted octanol–water partition coefficient (Wildman–Crippen LogP) is 5.75. The second-order valence-corrected chi connectivity index (χ2v) is 11.4. The van der Waals surface area contributed by atoms with E-state index >= 15 is 0 Å². The fourth-order valence-corrected chi connectivity index (χ4v) is 6.12. The summed E-state index contributed by atoms with van der Waals surface area (Å²) in [4.78, 5) is 39.5. The van der Waals surface area contributed by atoms with E-state index < -0.39 is 11.3 Å². The van der Waals surface area contributed by atoms with Crippen LogP contribution in [-0.4, -0.2) is 37.6 Å². The summed E-state index contributed by atoms with van der Waals surface area (Å²) < 4.78 is 16.5. The van der Waals surface area contributed by atoms with Gasteiger partial charge in [0.15, 0.2) is 0 Å². The molecule has 2 aromatic carbocycles. The highest BCUT2D eigenvalue weighted by Gasteiger charge is 2.45. The van der Waals surface area contributed by atoms with Crippen molar-refractivity contribution in [3.8, 4) is 0 Å². The molecule has 1 amide bonds. The zero-order valence-corrected chi connectivity index (χ0v) is 23.6. The number of amides is 1. The molecule has 40 heavy (non-hydrogen) atoms. The molecule has 0 spiro atoms. The lowest BCUT2D eigenvalue weighted by Gasteiger charge is -2.35. The number of ether oxygens (including phenoxy) is 3. The molecule has 7 nitrogen and oxygen atoms in total. The van der Waals surface area contributed by atoms with Gasteiger partial charge in [0, 0.05) is 19.8 Å². The van der Waals surface area contributed by atoms with Crippen LogP contribution in [0.1, 0.15) is 75.3 Å². The fraction of sp³-hybridized carbons (Fsp3) is 0.545. The number of benzene rings is 2. The van der Waals surface area contributed by atoms with E-state index in [1.807, 2.05) is 60.7 Å². The predicted molar refractivity (Wildman–Crippen MR) is 152 cm³/mol. The summed E-state index contributed by atoms with van der Waals surface area (Å²) in [5.41, 5.74) is 1.34. The highest BCUT2D eigenvalue weighted by atomic mass is 16.5. The van der Waals surface area contributed by atoms with Gasteiger partial charge in [0.25, 0.3) is 0 Å². The van der Waals surface area contributed by atoms with Crippen LogP contribution in [0.15, 0.2) is 60.7 Å². The van der Waals surface area contributed by atoms with Crippen molar-refractivity contribution in [3.05, 3.63) is 71.8 Å². The Morgan fingerprint density at radius 3 is 2.00 bits per heavy atom. The zero-order chi connectivity index (χ0) is 28.2. The number of carbonyl (C=O) groups excluding carboxylic acids is 3. The van der Waals surface area contributed by atoms with Crippen molar-refractivity contribution in [2.45, 2.75) is 83.5 Å². The smallest absolute Gasteiger partial charge is 0.309 e. The van der Waals surface area contributed by atoms with Crippen LogP contribution in [0.3, 0.4) is 0 Å². The molecule has 2 aliphatic rings. The molecule has 0 saturated heterocycles. The van der Waals surface area contributed by atoms with Gasteiger partial charge in [0.1, 0.15) is 13.2 Å². The Hall–Kier alpha value is -3.19. The number of esters is 2. The van der Waals surface area contributed by atoms with E-state index in [9.17, 15) is 14.4 Å². The van der Waals surface area contributed by atoms with Crippen molar-refractivity contribution < 1.29 is 28.6 Å². The Balaban J connectivity index is 1.29. The molecule has 2 saturated carbocycles. The second kappa shape index (κ2) is 15.0. The Morgan fingerprint density at radius 1 is 0.850 bits per heavy atom. The summed E-state index contributed by atoms with van der Waals surface area (Å²) in [6.07, 6.45) is 7.39. The van der Waals surface area contributed by atoms with Gasteiger partial charge in [-0.3, -0.25) is 14.4 Å². The lowest BCUT2D eigenvalue weighted by Crippen LogP contribution is -2.47. The van der Waals surface area contributed by atoms with Gasteiger partial charge in [-0.05, 0) is 62.5 Å². The largest absolute Gasteiger partial charge is 0.461 e. The normalized spacial score (nSPS) is 20.8. The van der Waals surface area contributed by atoms with Gasteiger partial charge >= 0.3 is 11.9 Å². The molecule has 0 heterocycles. The SMILES string of the molecule is COCCC(CC1(C(=O)NC2CCC(C(=O)OCc3ccccc3)CC2)CCCC1)C(=O)OCc1ccccc1. The number of rotatable bonds is 13. The van der Waals surface area contributed by atoms with E-state index in [0.717, 1.165) is 49.7 Å². The van der Waals surface area contributed by atoms with Gasteiger partial charge in [0.2, 0.25) is 5.91 Å². The van der Waals surface area contributed by atoms with Crippen molar-refractivity contribution in [3.63, 3.8) is 0 Å². The standard InChI is InChI=1S/C33H43NO6/c1-38-21-18-28(31(36)40-24-26-12-6-3-7-13-26)22-33(19-8-9-20-33)32(37)34-29-16-14-27(15-17-29)30(35)39-23-25-10-4-2-5-11-25/h2-7,10-13,27-29H,8-9,14-24H2,1H3,(H,34,37). The van der Waals surface area contributed by atoms with Crippen molar-refractivity contribution in [2.75, 3.05) is 13.7 Å². The molecule has 0 radical (unpaired) electrons. The van der Waals surface area contributed by atoms with Gasteiger partial charge in [-0.25, -0.2) is 0 Å². The van der Waals surface area contributed by atoms with Crippen molar-refractivity contribution in [1.29, 1.82) is 0 Å². The van der Waals surface area contributed by atoms with E-state index in [2.05, 4.69) is 5.32 Å². The molecule has 2 fully saturated rings. The summed E-state index contributed by atoms with van der Waals surface area (Å²) in [6, 6.07) is 19.4. The third-order valence-corrected chi connectivity index (χ3v) is 8.53.